The molecule has 2 aromatic heterocycles. The monoisotopic (exact) mass is 546 g/mol. The summed E-state index contributed by atoms with van der Waals surface area (Å²) in [5.41, 5.74) is 5.77. The highest BCUT2D eigenvalue weighted by molar-refractivity contribution is 5.98. The van der Waals surface area contributed by atoms with E-state index in [1.165, 1.54) is 7.11 Å². The lowest BCUT2D eigenvalue weighted by Crippen LogP contribution is -2.44. The number of benzene rings is 1. The summed E-state index contributed by atoms with van der Waals surface area (Å²) in [6.45, 7) is 8.65. The molecular formula is C30H38N6O4. The maximum Gasteiger partial charge on any atom is 0.407 e. The number of amides is 2. The minimum absolute atomic E-state index is 0.0872. The average molecular weight is 547 g/mol. The summed E-state index contributed by atoms with van der Waals surface area (Å²) in [6.07, 6.45) is 8.02. The molecule has 3 aromatic rings. The van der Waals surface area contributed by atoms with Gasteiger partial charge < -0.3 is 25.3 Å². The van der Waals surface area contributed by atoms with Crippen LogP contribution in [0, 0.1) is 20.8 Å². The predicted octanol–water partition coefficient (Wildman–Crippen LogP) is 4.18. The molecule has 0 saturated heterocycles. The quantitative estimate of drug-likeness (QED) is 0.387. The van der Waals surface area contributed by atoms with Crippen LogP contribution in [0.3, 0.4) is 0 Å². The lowest BCUT2D eigenvalue weighted by Gasteiger charge is -2.39. The van der Waals surface area contributed by atoms with E-state index in [1.54, 1.807) is 18.6 Å². The molecule has 0 radical (unpaired) electrons. The molecule has 2 heterocycles. The Labute approximate surface area is 234 Å². The van der Waals surface area contributed by atoms with Gasteiger partial charge in [0.25, 0.3) is 11.5 Å². The van der Waals surface area contributed by atoms with E-state index in [-0.39, 0.29) is 30.1 Å². The fraction of sp³-hybridized carbons (Fsp3) is 0.433. The number of ether oxygens (including phenoxy) is 1. The number of alkyl carbamates (subject to hydrolysis) is 1. The summed E-state index contributed by atoms with van der Waals surface area (Å²) in [6, 6.07) is 6.16. The number of aryl methyl sites for hydroxylation is 2. The summed E-state index contributed by atoms with van der Waals surface area (Å²) in [4.78, 5) is 51.6. The molecule has 0 unspecified atom stereocenters. The second-order valence-electron chi connectivity index (χ2n) is 10.3. The van der Waals surface area contributed by atoms with Crippen LogP contribution in [0.15, 0.2) is 41.6 Å². The highest BCUT2D eigenvalue weighted by Gasteiger charge is 2.28. The number of pyridine rings is 1. The molecule has 212 valence electrons. The molecule has 40 heavy (non-hydrogen) atoms. The van der Waals surface area contributed by atoms with Gasteiger partial charge in [0.1, 0.15) is 0 Å². The Bertz CT molecular complexity index is 1410. The first-order valence-electron chi connectivity index (χ1n) is 13.7. The van der Waals surface area contributed by atoms with Gasteiger partial charge in [0, 0.05) is 65.6 Å². The number of nitrogens with one attached hydrogen (secondary N) is 3. The largest absolute Gasteiger partial charge is 0.453 e. The van der Waals surface area contributed by atoms with Crippen molar-refractivity contribution < 1.29 is 14.3 Å². The van der Waals surface area contributed by atoms with Gasteiger partial charge >= 0.3 is 6.09 Å². The summed E-state index contributed by atoms with van der Waals surface area (Å²) in [5.74, 6) is -0.258. The minimum Gasteiger partial charge on any atom is -0.453 e. The molecular weight excluding hydrogens is 508 g/mol. The molecule has 10 heteroatoms. The molecule has 0 spiro atoms. The number of H-pyrrole nitrogens is 1. The molecule has 10 nitrogen and oxygen atoms in total. The Morgan fingerprint density at radius 3 is 2.48 bits per heavy atom. The number of rotatable bonds is 8. The first-order chi connectivity index (χ1) is 19.2. The maximum absolute atomic E-state index is 13.6. The van der Waals surface area contributed by atoms with E-state index in [0.29, 0.717) is 16.8 Å². The van der Waals surface area contributed by atoms with E-state index in [1.807, 2.05) is 32.9 Å². The number of aromatic amines is 1. The molecule has 1 aliphatic carbocycles. The fourth-order valence-electron chi connectivity index (χ4n) is 5.58. The summed E-state index contributed by atoms with van der Waals surface area (Å²) >= 11 is 0. The summed E-state index contributed by atoms with van der Waals surface area (Å²) < 4.78 is 4.76. The van der Waals surface area contributed by atoms with Crippen molar-refractivity contribution in [2.24, 2.45) is 0 Å². The van der Waals surface area contributed by atoms with Gasteiger partial charge in [0.05, 0.1) is 19.0 Å². The summed E-state index contributed by atoms with van der Waals surface area (Å²) in [7, 11) is 1.38. The van der Waals surface area contributed by atoms with Crippen LogP contribution in [0.25, 0.3) is 11.3 Å². The van der Waals surface area contributed by atoms with Crippen molar-refractivity contribution in [3.63, 3.8) is 0 Å². The molecule has 3 N–H and O–H groups in total. The number of aromatic nitrogens is 3. The fourth-order valence-corrected chi connectivity index (χ4v) is 5.58. The third-order valence-electron chi connectivity index (χ3n) is 7.70. The van der Waals surface area contributed by atoms with Crippen LogP contribution < -0.4 is 21.1 Å². The van der Waals surface area contributed by atoms with Crippen LogP contribution in [-0.2, 0) is 11.3 Å². The van der Waals surface area contributed by atoms with E-state index < -0.39 is 6.09 Å². The van der Waals surface area contributed by atoms with Crippen molar-refractivity contribution in [1.29, 1.82) is 0 Å². The molecule has 1 aromatic carbocycles. The van der Waals surface area contributed by atoms with Gasteiger partial charge in [-0.25, -0.2) is 4.79 Å². The molecule has 2 amide bonds. The number of carbonyl (C=O) groups is 2. The van der Waals surface area contributed by atoms with Crippen molar-refractivity contribution in [3.8, 4) is 11.3 Å². The van der Waals surface area contributed by atoms with Gasteiger partial charge in [-0.15, -0.1) is 0 Å². The van der Waals surface area contributed by atoms with Crippen LogP contribution in [0.1, 0.15) is 65.3 Å². The van der Waals surface area contributed by atoms with E-state index in [9.17, 15) is 14.4 Å². The van der Waals surface area contributed by atoms with E-state index in [4.69, 9.17) is 4.74 Å². The Morgan fingerprint density at radius 1 is 1.10 bits per heavy atom. The molecule has 0 bridgehead atoms. The van der Waals surface area contributed by atoms with Crippen molar-refractivity contribution in [2.45, 2.75) is 72.0 Å². The van der Waals surface area contributed by atoms with Crippen LogP contribution in [0.4, 0.5) is 10.5 Å². The average Bonchev–Trinajstić information content (AvgIpc) is 2.94. The van der Waals surface area contributed by atoms with Gasteiger partial charge in [0.15, 0.2) is 0 Å². The van der Waals surface area contributed by atoms with E-state index >= 15 is 0 Å². The van der Waals surface area contributed by atoms with Crippen molar-refractivity contribution in [3.05, 3.63) is 75.1 Å². The normalized spacial score (nSPS) is 16.7. The van der Waals surface area contributed by atoms with Crippen molar-refractivity contribution in [1.82, 2.24) is 25.6 Å². The first-order valence-corrected chi connectivity index (χ1v) is 13.7. The van der Waals surface area contributed by atoms with Crippen LogP contribution in [0.2, 0.25) is 0 Å². The van der Waals surface area contributed by atoms with E-state index in [0.717, 1.165) is 60.3 Å². The molecule has 4 rings (SSSR count). The number of methoxy groups -OCH3 is 1. The lowest BCUT2D eigenvalue weighted by atomic mass is 9.89. The molecule has 1 aliphatic rings. The zero-order valence-corrected chi connectivity index (χ0v) is 23.8. The third kappa shape index (κ3) is 6.50. The van der Waals surface area contributed by atoms with Gasteiger partial charge in [-0.05, 0) is 82.7 Å². The predicted molar refractivity (Wildman–Crippen MR) is 155 cm³/mol. The van der Waals surface area contributed by atoms with Gasteiger partial charge in [0.2, 0.25) is 0 Å². The molecule has 1 saturated carbocycles. The highest BCUT2D eigenvalue weighted by atomic mass is 16.5. The third-order valence-corrected chi connectivity index (χ3v) is 7.70. The first kappa shape index (κ1) is 28.8. The molecule has 1 fully saturated rings. The second-order valence-corrected chi connectivity index (χ2v) is 10.3. The van der Waals surface area contributed by atoms with Crippen molar-refractivity contribution >= 4 is 17.7 Å². The summed E-state index contributed by atoms with van der Waals surface area (Å²) in [5, 5.41) is 5.88. The molecule has 0 aliphatic heterocycles. The number of carbonyl (C=O) groups excluding carboxylic acids is 2. The van der Waals surface area contributed by atoms with Crippen molar-refractivity contribution in [2.75, 3.05) is 18.6 Å². The number of hydrogen-bond acceptors (Lipinski definition) is 7. The standard InChI is InChI=1S/C30H38N6O4/c1-6-36(23-9-7-22(8-10-23)35-30(39)40-5)27-15-21(26-17-31-11-12-32-26)14-24(20(27)4)28(37)33-16-25-18(2)13-19(3)34-29(25)38/h11-15,17,22-23H,6-10,16H2,1-5H3,(H,33,37)(H,34,38)(H,35,39). The zero-order chi connectivity index (χ0) is 28.8. The number of anilines is 1. The Morgan fingerprint density at radius 2 is 1.85 bits per heavy atom. The lowest BCUT2D eigenvalue weighted by molar-refractivity contribution is 0.0950. The van der Waals surface area contributed by atoms with Gasteiger partial charge in [-0.2, -0.15) is 0 Å². The smallest absolute Gasteiger partial charge is 0.407 e. The topological polar surface area (TPSA) is 129 Å². The van der Waals surface area contributed by atoms with Crippen LogP contribution in [0.5, 0.6) is 0 Å². The van der Waals surface area contributed by atoms with Gasteiger partial charge in [-0.1, -0.05) is 0 Å². The van der Waals surface area contributed by atoms with Gasteiger partial charge in [-0.3, -0.25) is 19.6 Å². The van der Waals surface area contributed by atoms with E-state index in [2.05, 4.69) is 43.5 Å². The number of hydrogen-bond donors (Lipinski definition) is 3. The minimum atomic E-state index is -0.401. The number of nitrogens with zero attached hydrogens (tertiary/aromatic N) is 3. The Hall–Kier alpha value is -4.21. The second kappa shape index (κ2) is 12.8. The Kier molecular flexibility index (Phi) is 9.19. The zero-order valence-electron chi connectivity index (χ0n) is 23.8. The highest BCUT2D eigenvalue weighted by Crippen LogP contribution is 2.34. The van der Waals surface area contributed by atoms with Crippen LogP contribution >= 0.6 is 0 Å². The van der Waals surface area contributed by atoms with Crippen LogP contribution in [-0.4, -0.2) is 52.7 Å². The Balaban J connectivity index is 1.64. The SMILES string of the molecule is CCN(c1cc(-c2cnccn2)cc(C(=O)NCc2c(C)cc(C)[nH]c2=O)c1C)C1CCC(NC(=O)OC)CC1. The maximum atomic E-state index is 13.6. The molecule has 0 atom stereocenters.